The molecule has 3 nitrogen and oxygen atoms in total. The monoisotopic (exact) mass is 425 g/mol. The summed E-state index contributed by atoms with van der Waals surface area (Å²) in [6, 6.07) is 7.40. The molecule has 148 valence electrons. The number of halogens is 2. The first-order valence-corrected chi connectivity index (χ1v) is 12.8. The Morgan fingerprint density at radius 3 is 2.52 bits per heavy atom. The normalized spacial score (nSPS) is 12.3. The Kier molecular flexibility index (Phi) is 7.25. The Morgan fingerprint density at radius 1 is 1.26 bits per heavy atom. The van der Waals surface area contributed by atoms with Crippen LogP contribution in [-0.2, 0) is 4.43 Å². The summed E-state index contributed by atoms with van der Waals surface area (Å²) in [4.78, 5) is 2.16. The highest BCUT2D eigenvalue weighted by Crippen LogP contribution is 2.40. The summed E-state index contributed by atoms with van der Waals surface area (Å²) >= 11 is 12.8. The molecule has 0 aliphatic carbocycles. The number of rotatable bonds is 8. The molecule has 1 aromatic heterocycles. The number of hydrogen-bond donors (Lipinski definition) is 0. The summed E-state index contributed by atoms with van der Waals surface area (Å²) in [6.45, 7) is 17.1. The minimum absolute atomic E-state index is 0.174. The van der Waals surface area contributed by atoms with Gasteiger partial charge in [-0.15, -0.1) is 6.58 Å². The van der Waals surface area contributed by atoms with Crippen molar-refractivity contribution in [1.29, 1.82) is 0 Å². The molecule has 1 aromatic carbocycles. The van der Waals surface area contributed by atoms with Crippen molar-refractivity contribution in [3.63, 3.8) is 0 Å². The van der Waals surface area contributed by atoms with Crippen LogP contribution in [0, 0.1) is 0 Å². The smallest absolute Gasteiger partial charge is 0.192 e. The molecule has 2 rings (SSSR count). The van der Waals surface area contributed by atoms with E-state index in [9.17, 15) is 0 Å². The van der Waals surface area contributed by atoms with Crippen LogP contribution in [0.5, 0.6) is 0 Å². The second-order valence-electron chi connectivity index (χ2n) is 8.10. The molecular formula is C21H29Cl2NO2Si. The molecule has 6 heteroatoms. The Balaban J connectivity index is 2.30. The maximum absolute atomic E-state index is 6.59. The van der Waals surface area contributed by atoms with E-state index in [4.69, 9.17) is 32.0 Å². The highest BCUT2D eigenvalue weighted by Gasteiger charge is 2.37. The largest absolute Gasteiger partial charge is 0.464 e. The second-order valence-corrected chi connectivity index (χ2v) is 13.8. The van der Waals surface area contributed by atoms with E-state index in [0.29, 0.717) is 29.7 Å². The summed E-state index contributed by atoms with van der Waals surface area (Å²) in [5, 5.41) is 1.34. The van der Waals surface area contributed by atoms with Crippen molar-refractivity contribution < 1.29 is 8.84 Å². The van der Waals surface area contributed by atoms with Gasteiger partial charge in [0.1, 0.15) is 5.76 Å². The van der Waals surface area contributed by atoms with Gasteiger partial charge in [-0.2, -0.15) is 0 Å². The zero-order valence-electron chi connectivity index (χ0n) is 16.8. The van der Waals surface area contributed by atoms with Gasteiger partial charge >= 0.3 is 0 Å². The van der Waals surface area contributed by atoms with Crippen LogP contribution < -0.4 is 4.90 Å². The molecule has 0 saturated heterocycles. The van der Waals surface area contributed by atoms with Gasteiger partial charge in [-0.1, -0.05) is 50.0 Å². The third-order valence-electron chi connectivity index (χ3n) is 5.11. The summed E-state index contributed by atoms with van der Waals surface area (Å²) in [5.41, 5.74) is 1.75. The Labute approximate surface area is 174 Å². The van der Waals surface area contributed by atoms with E-state index in [0.717, 1.165) is 17.0 Å². The van der Waals surface area contributed by atoms with Crippen molar-refractivity contribution in [2.45, 2.75) is 38.9 Å². The molecule has 0 N–H and O–H groups in total. The van der Waals surface area contributed by atoms with Crippen LogP contribution >= 0.6 is 23.2 Å². The van der Waals surface area contributed by atoms with E-state index in [1.165, 1.54) is 0 Å². The highest BCUT2D eigenvalue weighted by molar-refractivity contribution is 6.74. The quantitative estimate of drug-likeness (QED) is 0.328. The van der Waals surface area contributed by atoms with E-state index in [-0.39, 0.29) is 5.04 Å². The molecule has 0 saturated carbocycles. The third-order valence-corrected chi connectivity index (χ3v) is 10.2. The lowest BCUT2D eigenvalue weighted by molar-refractivity contribution is 0.295. The minimum atomic E-state index is -1.81. The van der Waals surface area contributed by atoms with Gasteiger partial charge in [0.25, 0.3) is 0 Å². The van der Waals surface area contributed by atoms with Crippen molar-refractivity contribution in [3.8, 4) is 11.3 Å². The predicted molar refractivity (Wildman–Crippen MR) is 120 cm³/mol. The average Bonchev–Trinajstić information content (AvgIpc) is 3.06. The van der Waals surface area contributed by atoms with Crippen LogP contribution in [0.1, 0.15) is 20.8 Å². The first kappa shape index (κ1) is 22.1. The van der Waals surface area contributed by atoms with E-state index in [1.54, 1.807) is 12.3 Å². The highest BCUT2D eigenvalue weighted by atomic mass is 35.5. The predicted octanol–water partition coefficient (Wildman–Crippen LogP) is 7.27. The fraction of sp³-hybridized carbons (Fsp3) is 0.429. The third kappa shape index (κ3) is 5.41. The van der Waals surface area contributed by atoms with Crippen molar-refractivity contribution >= 4 is 37.2 Å². The summed E-state index contributed by atoms with van der Waals surface area (Å²) in [7, 11) is -1.81. The van der Waals surface area contributed by atoms with Gasteiger partial charge in [-0.05, 0) is 42.4 Å². The average molecular weight is 426 g/mol. The number of furan rings is 1. The topological polar surface area (TPSA) is 25.6 Å². The number of hydrogen-bond acceptors (Lipinski definition) is 3. The number of nitrogens with zero attached hydrogens (tertiary/aromatic N) is 1. The van der Waals surface area contributed by atoms with Gasteiger partial charge in [0.2, 0.25) is 0 Å². The number of benzene rings is 1. The summed E-state index contributed by atoms with van der Waals surface area (Å²) in [6.07, 6.45) is 3.51. The van der Waals surface area contributed by atoms with Crippen LogP contribution in [-0.4, -0.2) is 28.0 Å². The maximum atomic E-state index is 6.59. The molecule has 2 aromatic rings. The van der Waals surface area contributed by atoms with Crippen LogP contribution in [0.3, 0.4) is 0 Å². The second kappa shape index (κ2) is 8.87. The van der Waals surface area contributed by atoms with Gasteiger partial charge in [0.15, 0.2) is 8.32 Å². The van der Waals surface area contributed by atoms with Gasteiger partial charge in [-0.3, -0.25) is 0 Å². The summed E-state index contributed by atoms with van der Waals surface area (Å²) in [5.74, 6) is 0.730. The molecule has 1 heterocycles. The zero-order chi connectivity index (χ0) is 20.2. The van der Waals surface area contributed by atoms with E-state index >= 15 is 0 Å². The Bertz CT molecular complexity index is 767. The lowest BCUT2D eigenvalue weighted by Crippen LogP contribution is -2.43. The van der Waals surface area contributed by atoms with Crippen LogP contribution in [0.15, 0.2) is 47.6 Å². The zero-order valence-corrected chi connectivity index (χ0v) is 19.3. The fourth-order valence-electron chi connectivity index (χ4n) is 2.58. The molecule has 0 bridgehead atoms. The van der Waals surface area contributed by atoms with Gasteiger partial charge in [0.05, 0.1) is 23.6 Å². The van der Waals surface area contributed by atoms with Crippen LogP contribution in [0.4, 0.5) is 5.69 Å². The van der Waals surface area contributed by atoms with Gasteiger partial charge in [0, 0.05) is 23.7 Å². The Morgan fingerprint density at radius 2 is 1.96 bits per heavy atom. The lowest BCUT2D eigenvalue weighted by atomic mass is 10.1. The maximum Gasteiger partial charge on any atom is 0.192 e. The standard InChI is InChI=1S/C21H29Cl2NO2Si/c1-7-10-24(11-13-26-27(5,6)21(2,3)4)20-17(19-9-8-12-25-19)14-16(22)15-18(20)23/h7-9,12,14-15H,1,10-11,13H2,2-6H3. The molecule has 0 radical (unpaired) electrons. The minimum Gasteiger partial charge on any atom is -0.464 e. The molecule has 0 atom stereocenters. The SMILES string of the molecule is C=CCN(CCO[Si](C)(C)C(C)(C)C)c1c(Cl)cc(Cl)cc1-c1ccco1. The molecule has 0 aliphatic heterocycles. The summed E-state index contributed by atoms with van der Waals surface area (Å²) < 4.78 is 12.0. The lowest BCUT2D eigenvalue weighted by Gasteiger charge is -2.37. The van der Waals surface area contributed by atoms with Crippen LogP contribution in [0.2, 0.25) is 28.2 Å². The molecule has 0 amide bonds. The van der Waals surface area contributed by atoms with E-state index in [2.05, 4.69) is 45.3 Å². The van der Waals surface area contributed by atoms with Crippen molar-refractivity contribution in [3.05, 3.63) is 53.2 Å². The number of anilines is 1. The van der Waals surface area contributed by atoms with E-state index in [1.807, 2.05) is 24.3 Å². The van der Waals surface area contributed by atoms with E-state index < -0.39 is 8.32 Å². The molecule has 0 aliphatic rings. The fourth-order valence-corrected chi connectivity index (χ4v) is 4.23. The van der Waals surface area contributed by atoms with Crippen LogP contribution in [0.25, 0.3) is 11.3 Å². The molecular weight excluding hydrogens is 397 g/mol. The van der Waals surface area contributed by atoms with Crippen molar-refractivity contribution in [2.24, 2.45) is 0 Å². The molecule has 0 spiro atoms. The first-order valence-electron chi connectivity index (χ1n) is 9.09. The van der Waals surface area contributed by atoms with Gasteiger partial charge in [-0.25, -0.2) is 0 Å². The first-order chi connectivity index (χ1) is 12.6. The molecule has 0 unspecified atom stereocenters. The molecule has 27 heavy (non-hydrogen) atoms. The van der Waals surface area contributed by atoms with Crippen molar-refractivity contribution in [2.75, 3.05) is 24.6 Å². The van der Waals surface area contributed by atoms with Crippen molar-refractivity contribution in [1.82, 2.24) is 0 Å². The molecule has 0 fully saturated rings. The van der Waals surface area contributed by atoms with Gasteiger partial charge < -0.3 is 13.7 Å². The Hall–Kier alpha value is -1.20.